The molecule has 1 aromatic carbocycles. The van der Waals surface area contributed by atoms with Crippen LogP contribution >= 0.6 is 12.6 Å². The highest BCUT2D eigenvalue weighted by Crippen LogP contribution is 2.31. The zero-order valence-corrected chi connectivity index (χ0v) is 10.2. The molecule has 0 unspecified atom stereocenters. The Labute approximate surface area is 108 Å². The minimum absolute atomic E-state index is 0.0716. The molecule has 1 rings (SSSR count). The van der Waals surface area contributed by atoms with Crippen LogP contribution in [-0.4, -0.2) is 38.9 Å². The fourth-order valence-electron chi connectivity index (χ4n) is 1.42. The van der Waals surface area contributed by atoms with Gasteiger partial charge in [0.05, 0.1) is 18.0 Å². The van der Waals surface area contributed by atoms with Crippen molar-refractivity contribution >= 4 is 24.4 Å². The van der Waals surface area contributed by atoms with E-state index in [4.69, 9.17) is 10.8 Å². The van der Waals surface area contributed by atoms with Crippen molar-refractivity contribution in [1.82, 2.24) is 0 Å². The fourth-order valence-corrected chi connectivity index (χ4v) is 1.59. The van der Waals surface area contributed by atoms with Crippen LogP contribution in [0.3, 0.4) is 0 Å². The molecule has 0 amide bonds. The van der Waals surface area contributed by atoms with Crippen molar-refractivity contribution in [2.45, 2.75) is 12.5 Å². The number of thiol groups is 1. The van der Waals surface area contributed by atoms with Gasteiger partial charge in [-0.25, -0.2) is 0 Å². The van der Waals surface area contributed by atoms with Gasteiger partial charge in [-0.05, 0) is 17.7 Å². The number of phenolic OH excluding ortho intramolecular Hbond substituents is 2. The average molecular weight is 271 g/mol. The standard InChI is InChI=1S/C11H13NO5S/c12-7(4-18)10(16)6-1-5(3-9(14)15)2-8(13)11(6)17/h1-2,7,13,17-18H,3-4,12H2,(H,14,15)/t7-/m1/s1. The topological polar surface area (TPSA) is 121 Å². The molecule has 0 aliphatic carbocycles. The fraction of sp³-hybridized carbons (Fsp3) is 0.273. The Kier molecular flexibility index (Phi) is 4.57. The number of ketones is 1. The van der Waals surface area contributed by atoms with Crippen LogP contribution in [0.15, 0.2) is 12.1 Å². The van der Waals surface area contributed by atoms with E-state index in [1.54, 1.807) is 0 Å². The Morgan fingerprint density at radius 3 is 2.44 bits per heavy atom. The number of benzene rings is 1. The Balaban J connectivity index is 3.21. The number of nitrogens with two attached hydrogens (primary N) is 1. The van der Waals surface area contributed by atoms with Gasteiger partial charge in [0.2, 0.25) is 0 Å². The third kappa shape index (κ3) is 3.14. The third-order valence-electron chi connectivity index (χ3n) is 2.30. The molecule has 0 aromatic heterocycles. The molecular weight excluding hydrogens is 258 g/mol. The number of hydrogen-bond acceptors (Lipinski definition) is 6. The highest BCUT2D eigenvalue weighted by Gasteiger charge is 2.21. The number of carboxylic acid groups (broad SMARTS) is 1. The summed E-state index contributed by atoms with van der Waals surface area (Å²) in [5.41, 5.74) is 5.48. The monoisotopic (exact) mass is 271 g/mol. The molecule has 18 heavy (non-hydrogen) atoms. The molecule has 6 nitrogen and oxygen atoms in total. The van der Waals surface area contributed by atoms with Crippen LogP contribution in [0, 0.1) is 0 Å². The zero-order valence-electron chi connectivity index (χ0n) is 9.33. The lowest BCUT2D eigenvalue weighted by Gasteiger charge is -2.11. The molecule has 0 bridgehead atoms. The summed E-state index contributed by atoms with van der Waals surface area (Å²) >= 11 is 3.86. The summed E-state index contributed by atoms with van der Waals surface area (Å²) in [5, 5.41) is 27.7. The van der Waals surface area contributed by atoms with Crippen LogP contribution in [0.2, 0.25) is 0 Å². The number of carbonyl (C=O) groups is 2. The van der Waals surface area contributed by atoms with E-state index in [2.05, 4.69) is 12.6 Å². The van der Waals surface area contributed by atoms with Gasteiger partial charge in [0, 0.05) is 5.75 Å². The van der Waals surface area contributed by atoms with Gasteiger partial charge in [0.25, 0.3) is 0 Å². The molecule has 1 atom stereocenters. The number of carboxylic acids is 1. The van der Waals surface area contributed by atoms with Crippen molar-refractivity contribution in [3.05, 3.63) is 23.3 Å². The molecule has 5 N–H and O–H groups in total. The van der Waals surface area contributed by atoms with E-state index < -0.39 is 29.3 Å². The van der Waals surface area contributed by atoms with Gasteiger partial charge in [0.15, 0.2) is 17.3 Å². The van der Waals surface area contributed by atoms with Crippen molar-refractivity contribution in [2.24, 2.45) is 5.73 Å². The van der Waals surface area contributed by atoms with Crippen LogP contribution in [0.25, 0.3) is 0 Å². The number of Topliss-reactive ketones (excluding diaryl/α,β-unsaturated/α-hetero) is 1. The van der Waals surface area contributed by atoms with Crippen molar-refractivity contribution in [3.63, 3.8) is 0 Å². The first-order valence-electron chi connectivity index (χ1n) is 5.04. The van der Waals surface area contributed by atoms with Gasteiger partial charge in [-0.15, -0.1) is 0 Å². The molecule has 0 radical (unpaired) electrons. The molecule has 0 fully saturated rings. The molecule has 98 valence electrons. The summed E-state index contributed by atoms with van der Waals surface area (Å²) in [6, 6.07) is 1.36. The zero-order chi connectivity index (χ0) is 13.9. The van der Waals surface area contributed by atoms with E-state index in [1.807, 2.05) is 0 Å². The number of phenols is 2. The second-order valence-corrected chi connectivity index (χ2v) is 4.10. The first-order chi connectivity index (χ1) is 8.36. The maximum absolute atomic E-state index is 11.8. The van der Waals surface area contributed by atoms with Crippen LogP contribution < -0.4 is 5.73 Å². The predicted molar refractivity (Wildman–Crippen MR) is 67.3 cm³/mol. The van der Waals surface area contributed by atoms with Crippen LogP contribution in [0.1, 0.15) is 15.9 Å². The number of aliphatic carboxylic acids is 1. The highest BCUT2D eigenvalue weighted by atomic mass is 32.1. The SMILES string of the molecule is N[C@H](CS)C(=O)c1cc(CC(=O)O)cc(O)c1O. The minimum atomic E-state index is -1.11. The summed E-state index contributed by atoms with van der Waals surface area (Å²) in [6.07, 6.45) is -0.371. The van der Waals surface area contributed by atoms with Gasteiger partial charge in [0.1, 0.15) is 0 Å². The lowest BCUT2D eigenvalue weighted by atomic mass is 10.00. The van der Waals surface area contributed by atoms with Crippen LogP contribution in [0.5, 0.6) is 11.5 Å². The Morgan fingerprint density at radius 2 is 1.94 bits per heavy atom. The van der Waals surface area contributed by atoms with E-state index in [-0.39, 0.29) is 23.3 Å². The van der Waals surface area contributed by atoms with Gasteiger partial charge in [-0.2, -0.15) is 12.6 Å². The Morgan fingerprint density at radius 1 is 1.33 bits per heavy atom. The molecule has 7 heteroatoms. The average Bonchev–Trinajstić information content (AvgIpc) is 2.30. The van der Waals surface area contributed by atoms with Crippen molar-refractivity contribution < 1.29 is 24.9 Å². The van der Waals surface area contributed by atoms with E-state index in [0.717, 1.165) is 6.07 Å². The molecule has 0 saturated heterocycles. The summed E-state index contributed by atoms with van der Waals surface area (Å²) in [4.78, 5) is 22.4. The molecule has 0 spiro atoms. The van der Waals surface area contributed by atoms with Crippen molar-refractivity contribution in [2.75, 3.05) is 5.75 Å². The van der Waals surface area contributed by atoms with Crippen LogP contribution in [-0.2, 0) is 11.2 Å². The van der Waals surface area contributed by atoms with Gasteiger partial charge >= 0.3 is 5.97 Å². The second-order valence-electron chi connectivity index (χ2n) is 3.73. The van der Waals surface area contributed by atoms with Crippen molar-refractivity contribution in [3.8, 4) is 11.5 Å². The molecule has 0 aliphatic rings. The second kappa shape index (κ2) is 5.74. The van der Waals surface area contributed by atoms with Gasteiger partial charge in [-0.3, -0.25) is 9.59 Å². The Hall–Kier alpha value is -1.73. The summed E-state index contributed by atoms with van der Waals surface area (Å²) < 4.78 is 0. The highest BCUT2D eigenvalue weighted by molar-refractivity contribution is 7.80. The van der Waals surface area contributed by atoms with Crippen LogP contribution in [0.4, 0.5) is 0 Å². The Bertz CT molecular complexity index is 489. The molecular formula is C11H13NO5S. The molecule has 0 aliphatic heterocycles. The normalized spacial score (nSPS) is 12.1. The number of aromatic hydroxyl groups is 2. The van der Waals surface area contributed by atoms with E-state index in [0.29, 0.717) is 0 Å². The summed E-state index contributed by atoms with van der Waals surface area (Å²) in [5.74, 6) is -2.81. The lowest BCUT2D eigenvalue weighted by molar-refractivity contribution is -0.136. The summed E-state index contributed by atoms with van der Waals surface area (Å²) in [7, 11) is 0. The van der Waals surface area contributed by atoms with E-state index in [1.165, 1.54) is 6.07 Å². The van der Waals surface area contributed by atoms with Crippen molar-refractivity contribution in [1.29, 1.82) is 0 Å². The number of rotatable bonds is 5. The summed E-state index contributed by atoms with van der Waals surface area (Å²) in [6.45, 7) is 0. The van der Waals surface area contributed by atoms with E-state index in [9.17, 15) is 19.8 Å². The van der Waals surface area contributed by atoms with Gasteiger partial charge in [-0.1, -0.05) is 0 Å². The maximum atomic E-state index is 11.8. The predicted octanol–water partition coefficient (Wildman–Crippen LogP) is 0.165. The maximum Gasteiger partial charge on any atom is 0.307 e. The molecule has 0 heterocycles. The lowest BCUT2D eigenvalue weighted by Crippen LogP contribution is -2.32. The number of carbonyl (C=O) groups excluding carboxylic acids is 1. The third-order valence-corrected chi connectivity index (χ3v) is 2.70. The first kappa shape index (κ1) is 14.3. The number of hydrogen-bond donors (Lipinski definition) is 5. The molecule has 1 aromatic rings. The smallest absolute Gasteiger partial charge is 0.307 e. The quantitative estimate of drug-likeness (QED) is 0.295. The first-order valence-corrected chi connectivity index (χ1v) is 5.67. The molecule has 0 saturated carbocycles. The van der Waals surface area contributed by atoms with Gasteiger partial charge < -0.3 is 21.1 Å². The largest absolute Gasteiger partial charge is 0.504 e. The minimum Gasteiger partial charge on any atom is -0.504 e. The van der Waals surface area contributed by atoms with E-state index >= 15 is 0 Å².